The van der Waals surface area contributed by atoms with Gasteiger partial charge in [0, 0.05) is 0 Å². The molecule has 0 N–H and O–H groups in total. The van der Waals surface area contributed by atoms with E-state index >= 15 is 0 Å². The smallest absolute Gasteiger partial charge is 0.119 e. The second-order valence-electron chi connectivity index (χ2n) is 7.37. The molecule has 0 aromatic heterocycles. The van der Waals surface area contributed by atoms with Crippen LogP contribution in [0.1, 0.15) is 89.5 Å². The highest BCUT2D eigenvalue weighted by atomic mass is 16.5. The molecule has 24 heavy (non-hydrogen) atoms. The fourth-order valence-corrected chi connectivity index (χ4v) is 3.90. The highest BCUT2D eigenvalue weighted by Gasteiger charge is 2.21. The summed E-state index contributed by atoms with van der Waals surface area (Å²) < 4.78 is 5.69. The third kappa shape index (κ3) is 6.71. The standard InChI is InChI=1S/C23H36O/c1-3-5-7-8-9-10-20-11-13-21(14-12-20)22-15-17-23(18-16-22)24-19-6-4-2/h4,6,15-18,20-21H,3,5,7-14,19H2,1-2H3. The molecule has 1 aliphatic rings. The Labute approximate surface area is 149 Å². The highest BCUT2D eigenvalue weighted by molar-refractivity contribution is 5.29. The Morgan fingerprint density at radius 2 is 1.67 bits per heavy atom. The van der Waals surface area contributed by atoms with Crippen LogP contribution >= 0.6 is 0 Å². The van der Waals surface area contributed by atoms with Gasteiger partial charge in [-0.15, -0.1) is 0 Å². The normalized spacial score (nSPS) is 21.2. The second-order valence-corrected chi connectivity index (χ2v) is 7.37. The average molecular weight is 329 g/mol. The molecule has 1 heteroatoms. The van der Waals surface area contributed by atoms with E-state index < -0.39 is 0 Å². The molecule has 2 rings (SSSR count). The minimum absolute atomic E-state index is 0.666. The van der Waals surface area contributed by atoms with Gasteiger partial charge in [0.15, 0.2) is 0 Å². The monoisotopic (exact) mass is 328 g/mol. The topological polar surface area (TPSA) is 9.23 Å². The number of ether oxygens (including phenoxy) is 1. The number of unbranched alkanes of at least 4 members (excludes halogenated alkanes) is 4. The summed E-state index contributed by atoms with van der Waals surface area (Å²) in [5.74, 6) is 2.75. The van der Waals surface area contributed by atoms with Crippen LogP contribution in [0.2, 0.25) is 0 Å². The van der Waals surface area contributed by atoms with Crippen molar-refractivity contribution in [2.24, 2.45) is 5.92 Å². The molecule has 1 aromatic carbocycles. The molecule has 0 radical (unpaired) electrons. The van der Waals surface area contributed by atoms with Gasteiger partial charge in [-0.25, -0.2) is 0 Å². The van der Waals surface area contributed by atoms with Crippen molar-refractivity contribution >= 4 is 0 Å². The van der Waals surface area contributed by atoms with E-state index in [1.165, 1.54) is 69.8 Å². The minimum Gasteiger partial charge on any atom is -0.490 e. The largest absolute Gasteiger partial charge is 0.490 e. The van der Waals surface area contributed by atoms with Gasteiger partial charge in [0.25, 0.3) is 0 Å². The van der Waals surface area contributed by atoms with Gasteiger partial charge in [-0.2, -0.15) is 0 Å². The first-order chi connectivity index (χ1) is 11.8. The van der Waals surface area contributed by atoms with E-state index in [0.717, 1.165) is 17.6 Å². The molecule has 1 aromatic rings. The van der Waals surface area contributed by atoms with Gasteiger partial charge >= 0.3 is 0 Å². The summed E-state index contributed by atoms with van der Waals surface area (Å²) in [7, 11) is 0. The van der Waals surface area contributed by atoms with Gasteiger partial charge in [-0.1, -0.05) is 69.7 Å². The fourth-order valence-electron chi connectivity index (χ4n) is 3.90. The predicted octanol–water partition coefficient (Wildman–Crippen LogP) is 7.28. The van der Waals surface area contributed by atoms with Gasteiger partial charge in [0.1, 0.15) is 12.4 Å². The van der Waals surface area contributed by atoms with Crippen LogP contribution in [0.4, 0.5) is 0 Å². The van der Waals surface area contributed by atoms with Crippen LogP contribution in [0.5, 0.6) is 5.75 Å². The molecule has 0 amide bonds. The molecule has 1 saturated carbocycles. The Hall–Kier alpha value is -1.24. The molecular weight excluding hydrogens is 292 g/mol. The van der Waals surface area contributed by atoms with Crippen LogP contribution in [0, 0.1) is 5.92 Å². The van der Waals surface area contributed by atoms with Crippen LogP contribution in [-0.4, -0.2) is 6.61 Å². The zero-order valence-electron chi connectivity index (χ0n) is 15.8. The second kappa shape index (κ2) is 11.3. The summed E-state index contributed by atoms with van der Waals surface area (Å²) in [6, 6.07) is 8.83. The van der Waals surface area contributed by atoms with E-state index in [4.69, 9.17) is 4.74 Å². The van der Waals surface area contributed by atoms with Crippen molar-refractivity contribution in [2.75, 3.05) is 6.61 Å². The van der Waals surface area contributed by atoms with E-state index in [0.29, 0.717) is 6.61 Å². The Bertz CT molecular complexity index is 451. The number of allylic oxidation sites excluding steroid dienone is 1. The third-order valence-corrected chi connectivity index (χ3v) is 5.50. The Balaban J connectivity index is 1.68. The van der Waals surface area contributed by atoms with Gasteiger partial charge in [0.05, 0.1) is 0 Å². The van der Waals surface area contributed by atoms with Crippen molar-refractivity contribution in [2.45, 2.75) is 84.0 Å². The number of hydrogen-bond donors (Lipinski definition) is 0. The molecule has 0 spiro atoms. The molecule has 1 nitrogen and oxygen atoms in total. The van der Waals surface area contributed by atoms with Crippen molar-refractivity contribution in [1.29, 1.82) is 0 Å². The molecule has 0 saturated heterocycles. The summed E-state index contributed by atoms with van der Waals surface area (Å²) in [5.41, 5.74) is 1.51. The molecule has 0 bridgehead atoms. The lowest BCUT2D eigenvalue weighted by atomic mass is 9.77. The summed E-state index contributed by atoms with van der Waals surface area (Å²) in [6.45, 7) is 4.98. The first-order valence-corrected chi connectivity index (χ1v) is 10.2. The zero-order valence-corrected chi connectivity index (χ0v) is 15.8. The lowest BCUT2D eigenvalue weighted by Crippen LogP contribution is -2.13. The summed E-state index contributed by atoms with van der Waals surface area (Å²) >= 11 is 0. The number of benzene rings is 1. The summed E-state index contributed by atoms with van der Waals surface area (Å²) in [5, 5.41) is 0. The summed E-state index contributed by atoms with van der Waals surface area (Å²) in [4.78, 5) is 0. The van der Waals surface area contributed by atoms with E-state index in [1.807, 2.05) is 19.1 Å². The van der Waals surface area contributed by atoms with Crippen LogP contribution in [0.3, 0.4) is 0 Å². The summed E-state index contributed by atoms with van der Waals surface area (Å²) in [6.07, 6.45) is 18.2. The SMILES string of the molecule is CC=CCOc1ccc(C2CCC(CCCCCCC)CC2)cc1. The zero-order chi connectivity index (χ0) is 17.0. The Kier molecular flexibility index (Phi) is 9.02. The Morgan fingerprint density at radius 3 is 2.33 bits per heavy atom. The lowest BCUT2D eigenvalue weighted by molar-refractivity contribution is 0.301. The first kappa shape index (κ1) is 19.1. The molecule has 0 atom stereocenters. The maximum absolute atomic E-state index is 5.69. The highest BCUT2D eigenvalue weighted by Crippen LogP contribution is 2.38. The lowest BCUT2D eigenvalue weighted by Gasteiger charge is -2.29. The number of rotatable bonds is 10. The van der Waals surface area contributed by atoms with Crippen LogP contribution < -0.4 is 4.74 Å². The molecule has 0 aliphatic heterocycles. The average Bonchev–Trinajstić information content (AvgIpc) is 2.63. The van der Waals surface area contributed by atoms with Crippen LogP contribution in [-0.2, 0) is 0 Å². The minimum atomic E-state index is 0.666. The molecular formula is C23H36O. The quantitative estimate of drug-likeness (QED) is 0.324. The van der Waals surface area contributed by atoms with Crippen LogP contribution in [0.15, 0.2) is 36.4 Å². The van der Waals surface area contributed by atoms with Gasteiger partial charge in [-0.3, -0.25) is 0 Å². The molecule has 134 valence electrons. The van der Waals surface area contributed by atoms with E-state index in [9.17, 15) is 0 Å². The van der Waals surface area contributed by atoms with E-state index in [-0.39, 0.29) is 0 Å². The fraction of sp³-hybridized carbons (Fsp3) is 0.652. The van der Waals surface area contributed by atoms with Crippen molar-refractivity contribution in [3.8, 4) is 5.75 Å². The first-order valence-electron chi connectivity index (χ1n) is 10.2. The molecule has 1 aliphatic carbocycles. The third-order valence-electron chi connectivity index (χ3n) is 5.50. The Morgan fingerprint density at radius 1 is 0.958 bits per heavy atom. The maximum Gasteiger partial charge on any atom is 0.119 e. The van der Waals surface area contributed by atoms with Crippen molar-refractivity contribution in [3.05, 3.63) is 42.0 Å². The van der Waals surface area contributed by atoms with E-state index in [2.05, 4.69) is 31.2 Å². The van der Waals surface area contributed by atoms with Gasteiger partial charge in [0.2, 0.25) is 0 Å². The predicted molar refractivity (Wildman–Crippen MR) is 105 cm³/mol. The molecule has 1 fully saturated rings. The van der Waals surface area contributed by atoms with Crippen molar-refractivity contribution in [3.63, 3.8) is 0 Å². The van der Waals surface area contributed by atoms with Crippen molar-refractivity contribution < 1.29 is 4.74 Å². The van der Waals surface area contributed by atoms with Gasteiger partial charge in [-0.05, 0) is 62.1 Å². The van der Waals surface area contributed by atoms with Crippen LogP contribution in [0.25, 0.3) is 0 Å². The molecule has 0 heterocycles. The molecule has 0 unspecified atom stereocenters. The van der Waals surface area contributed by atoms with Gasteiger partial charge < -0.3 is 4.74 Å². The maximum atomic E-state index is 5.69. The number of hydrogen-bond acceptors (Lipinski definition) is 1. The van der Waals surface area contributed by atoms with Crippen molar-refractivity contribution in [1.82, 2.24) is 0 Å². The van der Waals surface area contributed by atoms with E-state index in [1.54, 1.807) is 0 Å².